The lowest BCUT2D eigenvalue weighted by Crippen LogP contribution is -2.39. The zero-order chi connectivity index (χ0) is 21.6. The van der Waals surface area contributed by atoms with Crippen LogP contribution in [0, 0.1) is 0 Å². The van der Waals surface area contributed by atoms with Crippen molar-refractivity contribution in [3.05, 3.63) is 90.0 Å². The average molecular weight is 414 g/mol. The van der Waals surface area contributed by atoms with Gasteiger partial charge in [0.25, 0.3) is 0 Å². The Morgan fingerprint density at radius 1 is 0.903 bits per heavy atom. The van der Waals surface area contributed by atoms with Gasteiger partial charge in [-0.15, -0.1) is 0 Å². The number of carbonyl (C=O) groups is 2. The van der Waals surface area contributed by atoms with E-state index in [4.69, 9.17) is 5.73 Å². The van der Waals surface area contributed by atoms with Gasteiger partial charge < -0.3 is 11.1 Å². The van der Waals surface area contributed by atoms with E-state index in [1.807, 2.05) is 66.7 Å². The largest absolute Gasteiger partial charge is 0.368 e. The first kappa shape index (κ1) is 20.8. The van der Waals surface area contributed by atoms with Gasteiger partial charge in [-0.2, -0.15) is 0 Å². The van der Waals surface area contributed by atoms with Crippen molar-refractivity contribution in [2.45, 2.75) is 31.8 Å². The molecule has 1 atom stereocenters. The molecular formula is C26H27N3O2. The maximum atomic E-state index is 12.6. The molecule has 4 rings (SSSR count). The summed E-state index contributed by atoms with van der Waals surface area (Å²) in [5, 5.41) is 2.99. The van der Waals surface area contributed by atoms with Gasteiger partial charge in [0.15, 0.2) is 0 Å². The number of likely N-dealkylation sites (tertiary alicyclic amines) is 1. The summed E-state index contributed by atoms with van der Waals surface area (Å²) in [6.07, 6.45) is 2.11. The van der Waals surface area contributed by atoms with E-state index in [9.17, 15) is 9.59 Å². The van der Waals surface area contributed by atoms with Crippen LogP contribution in [0.15, 0.2) is 78.9 Å². The lowest BCUT2D eigenvalue weighted by molar-refractivity contribution is -0.122. The fraction of sp³-hybridized carbons (Fsp3) is 0.231. The van der Waals surface area contributed by atoms with E-state index >= 15 is 0 Å². The first-order valence-corrected chi connectivity index (χ1v) is 10.6. The van der Waals surface area contributed by atoms with Crippen LogP contribution < -0.4 is 11.1 Å². The van der Waals surface area contributed by atoms with E-state index in [2.05, 4.69) is 22.3 Å². The van der Waals surface area contributed by atoms with Gasteiger partial charge in [-0.25, -0.2) is 0 Å². The van der Waals surface area contributed by atoms with E-state index in [1.54, 1.807) is 0 Å². The summed E-state index contributed by atoms with van der Waals surface area (Å²) >= 11 is 0. The number of nitrogens with zero attached hydrogens (tertiary/aromatic N) is 1. The molecule has 0 saturated carbocycles. The van der Waals surface area contributed by atoms with Crippen LogP contribution in [0.2, 0.25) is 0 Å². The molecule has 5 heteroatoms. The smallest absolute Gasteiger partial charge is 0.234 e. The van der Waals surface area contributed by atoms with Crippen molar-refractivity contribution in [1.82, 2.24) is 4.90 Å². The SMILES string of the molecule is NC(=O)C1CCCN1Cc1cccc(NC(=O)Cc2ccc(-c3ccccc3)cc2)c1. The second kappa shape index (κ2) is 9.58. The molecule has 158 valence electrons. The summed E-state index contributed by atoms with van der Waals surface area (Å²) in [7, 11) is 0. The Labute approximate surface area is 182 Å². The Kier molecular flexibility index (Phi) is 6.43. The number of hydrogen-bond acceptors (Lipinski definition) is 3. The maximum Gasteiger partial charge on any atom is 0.234 e. The predicted molar refractivity (Wildman–Crippen MR) is 123 cm³/mol. The minimum atomic E-state index is -0.264. The lowest BCUT2D eigenvalue weighted by Gasteiger charge is -2.22. The van der Waals surface area contributed by atoms with Crippen LogP contribution in [0.3, 0.4) is 0 Å². The van der Waals surface area contributed by atoms with Gasteiger partial charge in [-0.3, -0.25) is 14.5 Å². The average Bonchev–Trinajstić information content (AvgIpc) is 3.23. The highest BCUT2D eigenvalue weighted by atomic mass is 16.2. The van der Waals surface area contributed by atoms with Crippen LogP contribution in [0.5, 0.6) is 0 Å². The van der Waals surface area contributed by atoms with Crippen LogP contribution in [0.1, 0.15) is 24.0 Å². The van der Waals surface area contributed by atoms with Gasteiger partial charge in [-0.1, -0.05) is 66.7 Å². The minimum absolute atomic E-state index is 0.0548. The van der Waals surface area contributed by atoms with E-state index in [-0.39, 0.29) is 17.9 Å². The molecule has 1 aliphatic heterocycles. The van der Waals surface area contributed by atoms with E-state index in [1.165, 1.54) is 0 Å². The molecular weight excluding hydrogens is 386 g/mol. The summed E-state index contributed by atoms with van der Waals surface area (Å²) in [4.78, 5) is 26.3. The third-order valence-electron chi connectivity index (χ3n) is 5.71. The number of nitrogens with one attached hydrogen (secondary N) is 1. The number of nitrogens with two attached hydrogens (primary N) is 1. The van der Waals surface area contributed by atoms with Crippen molar-refractivity contribution in [3.8, 4) is 11.1 Å². The van der Waals surface area contributed by atoms with Crippen molar-refractivity contribution in [1.29, 1.82) is 0 Å². The first-order chi connectivity index (χ1) is 15.1. The number of carbonyl (C=O) groups excluding carboxylic acids is 2. The molecule has 0 radical (unpaired) electrons. The molecule has 2 amide bonds. The number of primary amides is 1. The Morgan fingerprint density at radius 2 is 1.65 bits per heavy atom. The molecule has 31 heavy (non-hydrogen) atoms. The van der Waals surface area contributed by atoms with Crippen molar-refractivity contribution in [2.75, 3.05) is 11.9 Å². The van der Waals surface area contributed by atoms with Gasteiger partial charge in [0, 0.05) is 12.2 Å². The quantitative estimate of drug-likeness (QED) is 0.615. The summed E-state index contributed by atoms with van der Waals surface area (Å²) in [6.45, 7) is 1.52. The van der Waals surface area contributed by atoms with Gasteiger partial charge in [0.2, 0.25) is 11.8 Å². The molecule has 1 fully saturated rings. The third-order valence-corrected chi connectivity index (χ3v) is 5.71. The molecule has 1 aliphatic rings. The Balaban J connectivity index is 1.35. The van der Waals surface area contributed by atoms with Crippen LogP contribution in [0.4, 0.5) is 5.69 Å². The zero-order valence-corrected chi connectivity index (χ0v) is 17.5. The lowest BCUT2D eigenvalue weighted by atomic mass is 10.0. The predicted octanol–water partition coefficient (Wildman–Crippen LogP) is 3.98. The van der Waals surface area contributed by atoms with Crippen molar-refractivity contribution in [2.24, 2.45) is 5.73 Å². The van der Waals surface area contributed by atoms with Crippen LogP contribution in [-0.4, -0.2) is 29.3 Å². The number of rotatable bonds is 7. The number of anilines is 1. The summed E-state index contributed by atoms with van der Waals surface area (Å²) in [5.41, 5.74) is 10.6. The Hall–Kier alpha value is -3.44. The Bertz CT molecular complexity index is 1050. The second-order valence-electron chi connectivity index (χ2n) is 8.02. The van der Waals surface area contributed by atoms with Crippen molar-refractivity contribution >= 4 is 17.5 Å². The van der Waals surface area contributed by atoms with Gasteiger partial charge in [0.1, 0.15) is 0 Å². The highest BCUT2D eigenvalue weighted by Crippen LogP contribution is 2.22. The molecule has 5 nitrogen and oxygen atoms in total. The van der Waals surface area contributed by atoms with Gasteiger partial charge >= 0.3 is 0 Å². The first-order valence-electron chi connectivity index (χ1n) is 10.6. The zero-order valence-electron chi connectivity index (χ0n) is 17.5. The molecule has 0 bridgehead atoms. The summed E-state index contributed by atoms with van der Waals surface area (Å²) < 4.78 is 0. The van der Waals surface area contributed by atoms with Crippen LogP contribution in [0.25, 0.3) is 11.1 Å². The maximum absolute atomic E-state index is 12.6. The molecule has 1 saturated heterocycles. The molecule has 3 N–H and O–H groups in total. The molecule has 0 aliphatic carbocycles. The van der Waals surface area contributed by atoms with E-state index in [0.29, 0.717) is 13.0 Å². The molecule has 3 aromatic rings. The monoisotopic (exact) mass is 413 g/mol. The molecule has 0 spiro atoms. The van der Waals surface area contributed by atoms with E-state index < -0.39 is 0 Å². The van der Waals surface area contributed by atoms with Gasteiger partial charge in [0.05, 0.1) is 12.5 Å². The minimum Gasteiger partial charge on any atom is -0.368 e. The van der Waals surface area contributed by atoms with Crippen molar-refractivity contribution in [3.63, 3.8) is 0 Å². The van der Waals surface area contributed by atoms with E-state index in [0.717, 1.165) is 47.3 Å². The Morgan fingerprint density at radius 3 is 2.39 bits per heavy atom. The topological polar surface area (TPSA) is 75.4 Å². The number of benzene rings is 3. The van der Waals surface area contributed by atoms with Crippen molar-refractivity contribution < 1.29 is 9.59 Å². The number of amides is 2. The molecule has 3 aromatic carbocycles. The summed E-state index contributed by atoms with van der Waals surface area (Å²) in [6, 6.07) is 25.8. The second-order valence-corrected chi connectivity index (χ2v) is 8.02. The van der Waals surface area contributed by atoms with Crippen LogP contribution >= 0.6 is 0 Å². The standard InChI is InChI=1S/C26H27N3O2/c27-26(31)24-10-5-15-29(24)18-20-6-4-9-23(16-20)28-25(30)17-19-11-13-22(14-12-19)21-7-2-1-3-8-21/h1-4,6-9,11-14,16,24H,5,10,15,17-18H2,(H2,27,31)(H,28,30). The third kappa shape index (κ3) is 5.38. The summed E-state index contributed by atoms with van der Waals surface area (Å²) in [5.74, 6) is -0.318. The van der Waals surface area contributed by atoms with Gasteiger partial charge in [-0.05, 0) is 53.8 Å². The highest BCUT2D eigenvalue weighted by molar-refractivity contribution is 5.92. The highest BCUT2D eigenvalue weighted by Gasteiger charge is 2.28. The molecule has 0 aromatic heterocycles. The normalized spacial score (nSPS) is 16.2. The fourth-order valence-electron chi connectivity index (χ4n) is 4.16. The fourth-order valence-corrected chi connectivity index (χ4v) is 4.16. The number of hydrogen-bond donors (Lipinski definition) is 2. The van der Waals surface area contributed by atoms with Crippen LogP contribution in [-0.2, 0) is 22.6 Å². The molecule has 1 heterocycles. The molecule has 1 unspecified atom stereocenters.